The number of aryl methyl sites for hydroxylation is 2. The minimum absolute atomic E-state index is 0.0674. The zero-order chi connectivity index (χ0) is 22.7. The van der Waals surface area contributed by atoms with Crippen molar-refractivity contribution in [2.24, 2.45) is 5.92 Å². The molecule has 1 aliphatic rings. The maximum absolute atomic E-state index is 13.0. The Morgan fingerprint density at radius 3 is 2.38 bits per heavy atom. The Morgan fingerprint density at radius 1 is 1.00 bits per heavy atom. The summed E-state index contributed by atoms with van der Waals surface area (Å²) < 4.78 is 0. The van der Waals surface area contributed by atoms with E-state index in [-0.39, 0.29) is 17.7 Å². The molecule has 1 fully saturated rings. The summed E-state index contributed by atoms with van der Waals surface area (Å²) in [5.41, 5.74) is 6.22. The van der Waals surface area contributed by atoms with Crippen LogP contribution in [0.15, 0.2) is 61.1 Å². The van der Waals surface area contributed by atoms with Crippen molar-refractivity contribution in [3.8, 4) is 11.1 Å². The highest BCUT2D eigenvalue weighted by molar-refractivity contribution is 5.92. The molecule has 1 atom stereocenters. The monoisotopic (exact) mass is 428 g/mol. The van der Waals surface area contributed by atoms with E-state index in [1.54, 1.807) is 23.0 Å². The molecule has 32 heavy (non-hydrogen) atoms. The van der Waals surface area contributed by atoms with Crippen LogP contribution in [0.1, 0.15) is 27.2 Å². The largest absolute Gasteiger partial charge is 0.344 e. The smallest absolute Gasteiger partial charge is 0.274 e. The molecular weight excluding hydrogens is 400 g/mol. The van der Waals surface area contributed by atoms with Crippen LogP contribution in [0.3, 0.4) is 0 Å². The third-order valence-corrected chi connectivity index (χ3v) is 5.93. The third kappa shape index (κ3) is 4.85. The first-order chi connectivity index (χ1) is 15.4. The summed E-state index contributed by atoms with van der Waals surface area (Å²) in [6.45, 7) is 5.57. The molecule has 3 aromatic rings. The summed E-state index contributed by atoms with van der Waals surface area (Å²) in [4.78, 5) is 37.5. The molecule has 164 valence electrons. The minimum Gasteiger partial charge on any atom is -0.344 e. The van der Waals surface area contributed by atoms with Gasteiger partial charge in [0.1, 0.15) is 5.69 Å². The fourth-order valence-corrected chi connectivity index (χ4v) is 4.29. The van der Waals surface area contributed by atoms with Gasteiger partial charge in [0.2, 0.25) is 5.91 Å². The molecule has 1 aromatic heterocycles. The van der Waals surface area contributed by atoms with Gasteiger partial charge in [-0.05, 0) is 37.0 Å². The standard InChI is InChI=1S/C26H28N4O2/c1-18-12-19(2)14-22(13-18)21-6-4-20(5-7-21)15-23-17-30(11-10-29(3)25(23)31)26(32)24-16-27-8-9-28-24/h4-9,12-14,16,23H,10-11,15,17H2,1-3H3/t23-/m1/s1. The van der Waals surface area contributed by atoms with Crippen molar-refractivity contribution in [3.05, 3.63) is 83.4 Å². The SMILES string of the molecule is Cc1cc(C)cc(-c2ccc(C[C@@H]3CN(C(=O)c4cnccn4)CCN(C)C3=O)cc2)c1. The Kier molecular flexibility index (Phi) is 6.30. The molecule has 6 nitrogen and oxygen atoms in total. The highest BCUT2D eigenvalue weighted by Gasteiger charge is 2.31. The summed E-state index contributed by atoms with van der Waals surface area (Å²) in [7, 11) is 1.80. The van der Waals surface area contributed by atoms with E-state index in [1.807, 2.05) is 0 Å². The molecule has 0 aliphatic carbocycles. The zero-order valence-corrected chi connectivity index (χ0v) is 18.8. The second kappa shape index (κ2) is 9.30. The average molecular weight is 429 g/mol. The maximum atomic E-state index is 13.0. The molecule has 2 amide bonds. The van der Waals surface area contributed by atoms with Crippen molar-refractivity contribution in [2.45, 2.75) is 20.3 Å². The first-order valence-corrected chi connectivity index (χ1v) is 10.9. The van der Waals surface area contributed by atoms with E-state index in [4.69, 9.17) is 0 Å². The van der Waals surface area contributed by atoms with E-state index in [9.17, 15) is 9.59 Å². The van der Waals surface area contributed by atoms with E-state index in [1.165, 1.54) is 29.1 Å². The number of carbonyl (C=O) groups is 2. The maximum Gasteiger partial charge on any atom is 0.274 e. The lowest BCUT2D eigenvalue weighted by Gasteiger charge is -2.23. The molecule has 1 saturated heterocycles. The molecule has 0 saturated carbocycles. The van der Waals surface area contributed by atoms with Gasteiger partial charge < -0.3 is 9.80 Å². The number of hydrogen-bond donors (Lipinski definition) is 0. The summed E-state index contributed by atoms with van der Waals surface area (Å²) in [6, 6.07) is 14.9. The van der Waals surface area contributed by atoms with Gasteiger partial charge in [-0.15, -0.1) is 0 Å². The molecule has 6 heteroatoms. The van der Waals surface area contributed by atoms with Crippen LogP contribution < -0.4 is 0 Å². The van der Waals surface area contributed by atoms with Crippen LogP contribution in [0.4, 0.5) is 0 Å². The highest BCUT2D eigenvalue weighted by Crippen LogP contribution is 2.24. The molecule has 0 unspecified atom stereocenters. The van der Waals surface area contributed by atoms with Gasteiger partial charge in [-0.25, -0.2) is 4.98 Å². The Morgan fingerprint density at radius 2 is 1.72 bits per heavy atom. The second-order valence-corrected chi connectivity index (χ2v) is 8.58. The number of nitrogens with zero attached hydrogens (tertiary/aromatic N) is 4. The van der Waals surface area contributed by atoms with E-state index in [2.05, 4.69) is 66.3 Å². The topological polar surface area (TPSA) is 66.4 Å². The number of carbonyl (C=O) groups excluding carboxylic acids is 2. The zero-order valence-electron chi connectivity index (χ0n) is 18.8. The van der Waals surface area contributed by atoms with Gasteiger partial charge in [0.05, 0.1) is 12.1 Å². The first-order valence-electron chi connectivity index (χ1n) is 10.9. The lowest BCUT2D eigenvalue weighted by Crippen LogP contribution is -2.37. The highest BCUT2D eigenvalue weighted by atomic mass is 16.2. The number of benzene rings is 2. The molecular formula is C26H28N4O2. The predicted molar refractivity (Wildman–Crippen MR) is 124 cm³/mol. The molecule has 4 rings (SSSR count). The van der Waals surface area contributed by atoms with Gasteiger partial charge in [0.25, 0.3) is 5.91 Å². The molecule has 1 aliphatic heterocycles. The fourth-order valence-electron chi connectivity index (χ4n) is 4.29. The first kappa shape index (κ1) is 21.7. The van der Waals surface area contributed by atoms with Crippen molar-refractivity contribution in [3.63, 3.8) is 0 Å². The van der Waals surface area contributed by atoms with Crippen LogP contribution in [-0.4, -0.2) is 58.3 Å². The van der Waals surface area contributed by atoms with Crippen molar-refractivity contribution in [1.29, 1.82) is 0 Å². The summed E-state index contributed by atoms with van der Waals surface area (Å²) in [6.07, 6.45) is 5.11. The van der Waals surface area contributed by atoms with Crippen LogP contribution >= 0.6 is 0 Å². The van der Waals surface area contributed by atoms with E-state index in [0.717, 1.165) is 11.1 Å². The second-order valence-electron chi connectivity index (χ2n) is 8.58. The van der Waals surface area contributed by atoms with Gasteiger partial charge >= 0.3 is 0 Å². The molecule has 0 radical (unpaired) electrons. The normalized spacial score (nSPS) is 16.7. The lowest BCUT2D eigenvalue weighted by molar-refractivity contribution is -0.133. The van der Waals surface area contributed by atoms with Gasteiger partial charge in [-0.1, -0.05) is 53.6 Å². The number of rotatable bonds is 4. The van der Waals surface area contributed by atoms with Crippen LogP contribution in [0.2, 0.25) is 0 Å². The van der Waals surface area contributed by atoms with Gasteiger partial charge in [-0.2, -0.15) is 0 Å². The van der Waals surface area contributed by atoms with Crippen LogP contribution in [-0.2, 0) is 11.2 Å². The quantitative estimate of drug-likeness (QED) is 0.638. The van der Waals surface area contributed by atoms with Gasteiger partial charge in [0.15, 0.2) is 0 Å². The Bertz CT molecular complexity index is 1090. The number of likely N-dealkylation sites (N-methyl/N-ethyl adjacent to an activating group) is 1. The Balaban J connectivity index is 1.52. The van der Waals surface area contributed by atoms with Crippen LogP contribution in [0.25, 0.3) is 11.1 Å². The van der Waals surface area contributed by atoms with E-state index < -0.39 is 0 Å². The summed E-state index contributed by atoms with van der Waals surface area (Å²) in [5, 5.41) is 0. The van der Waals surface area contributed by atoms with Crippen molar-refractivity contribution >= 4 is 11.8 Å². The minimum atomic E-state index is -0.296. The molecule has 0 N–H and O–H groups in total. The summed E-state index contributed by atoms with van der Waals surface area (Å²) in [5.74, 6) is -0.413. The van der Waals surface area contributed by atoms with Crippen molar-refractivity contribution in [2.75, 3.05) is 26.7 Å². The number of aromatic nitrogens is 2. The third-order valence-electron chi connectivity index (χ3n) is 5.93. The van der Waals surface area contributed by atoms with Gasteiger partial charge in [0, 0.05) is 39.1 Å². The Labute approximate surface area is 188 Å². The van der Waals surface area contributed by atoms with E-state index in [0.29, 0.717) is 31.7 Å². The Hall–Kier alpha value is -3.54. The average Bonchev–Trinajstić information content (AvgIpc) is 2.93. The van der Waals surface area contributed by atoms with Crippen LogP contribution in [0, 0.1) is 19.8 Å². The number of hydrogen-bond acceptors (Lipinski definition) is 4. The van der Waals surface area contributed by atoms with Crippen molar-refractivity contribution in [1.82, 2.24) is 19.8 Å². The molecule has 0 bridgehead atoms. The van der Waals surface area contributed by atoms with Crippen molar-refractivity contribution < 1.29 is 9.59 Å². The predicted octanol–water partition coefficient (Wildman–Crippen LogP) is 3.53. The summed E-state index contributed by atoms with van der Waals surface area (Å²) >= 11 is 0. The van der Waals surface area contributed by atoms with Crippen LogP contribution in [0.5, 0.6) is 0 Å². The molecule has 2 heterocycles. The molecule has 0 spiro atoms. The lowest BCUT2D eigenvalue weighted by atomic mass is 9.95. The number of amides is 2. The van der Waals surface area contributed by atoms with Gasteiger partial charge in [-0.3, -0.25) is 14.6 Å². The fraction of sp³-hybridized carbons (Fsp3) is 0.308. The molecule has 2 aromatic carbocycles. The van der Waals surface area contributed by atoms with E-state index >= 15 is 0 Å².